The molecule has 0 spiro atoms. The van der Waals surface area contributed by atoms with E-state index in [4.69, 9.17) is 0 Å². The Balaban J connectivity index is 1.64. The summed E-state index contributed by atoms with van der Waals surface area (Å²) in [6.07, 6.45) is 3.66. The fraction of sp³-hybridized carbons (Fsp3) is 0.368. The van der Waals surface area contributed by atoms with E-state index in [0.717, 1.165) is 6.54 Å². The highest BCUT2D eigenvalue weighted by Crippen LogP contribution is 2.13. The second-order valence-corrected chi connectivity index (χ2v) is 5.53. The first-order valence-corrected chi connectivity index (χ1v) is 7.59. The van der Waals surface area contributed by atoms with E-state index in [1.165, 1.54) is 36.0 Å². The molecule has 1 atom stereocenters. The Morgan fingerprint density at radius 1 is 0.900 bits per heavy atom. The van der Waals surface area contributed by atoms with E-state index in [1.54, 1.807) is 0 Å². The van der Waals surface area contributed by atoms with Gasteiger partial charge in [-0.05, 0) is 50.8 Å². The first kappa shape index (κ1) is 14.8. The molecule has 2 aromatic rings. The lowest BCUT2D eigenvalue weighted by Gasteiger charge is -2.14. The molecular formula is C19H25N. The summed E-state index contributed by atoms with van der Waals surface area (Å²) in [5.41, 5.74) is 4.14. The summed E-state index contributed by atoms with van der Waals surface area (Å²) in [7, 11) is 0. The second kappa shape index (κ2) is 7.86. The zero-order chi connectivity index (χ0) is 14.2. The number of hydrogen-bond donors (Lipinski definition) is 1. The van der Waals surface area contributed by atoms with E-state index in [9.17, 15) is 0 Å². The summed E-state index contributed by atoms with van der Waals surface area (Å²) in [6.45, 7) is 5.45. The van der Waals surface area contributed by atoms with Crippen LogP contribution >= 0.6 is 0 Å². The van der Waals surface area contributed by atoms with Gasteiger partial charge in [0.2, 0.25) is 0 Å². The Morgan fingerprint density at radius 3 is 2.30 bits per heavy atom. The maximum absolute atomic E-state index is 3.60. The molecule has 106 valence electrons. The maximum Gasteiger partial charge on any atom is 0.0291 e. The van der Waals surface area contributed by atoms with E-state index in [2.05, 4.69) is 73.8 Å². The molecule has 1 nitrogen and oxygen atoms in total. The summed E-state index contributed by atoms with van der Waals surface area (Å²) < 4.78 is 0. The Hall–Kier alpha value is -1.60. The zero-order valence-electron chi connectivity index (χ0n) is 12.6. The predicted octanol–water partition coefficient (Wildman–Crippen LogP) is 4.67. The number of aryl methyl sites for hydroxylation is 2. The van der Waals surface area contributed by atoms with Crippen LogP contribution in [0.5, 0.6) is 0 Å². The third-order valence-electron chi connectivity index (χ3n) is 3.76. The van der Waals surface area contributed by atoms with Crippen LogP contribution in [0.1, 0.15) is 42.5 Å². The van der Waals surface area contributed by atoms with Crippen molar-refractivity contribution in [1.82, 2.24) is 5.32 Å². The van der Waals surface area contributed by atoms with Crippen molar-refractivity contribution in [3.63, 3.8) is 0 Å². The van der Waals surface area contributed by atoms with Gasteiger partial charge in [0.25, 0.3) is 0 Å². The number of benzene rings is 2. The van der Waals surface area contributed by atoms with E-state index < -0.39 is 0 Å². The summed E-state index contributed by atoms with van der Waals surface area (Å²) in [5, 5.41) is 3.60. The standard InChI is InChI=1S/C19H25N/c1-16-11-13-19(14-12-16)17(2)20-15-7-6-10-18-8-4-3-5-9-18/h3-5,8-9,11-14,17,20H,6-7,10,15H2,1-2H3/t17-/m1/s1. The van der Waals surface area contributed by atoms with Gasteiger partial charge < -0.3 is 5.32 Å². The summed E-state index contributed by atoms with van der Waals surface area (Å²) >= 11 is 0. The minimum absolute atomic E-state index is 0.437. The van der Waals surface area contributed by atoms with Crippen LogP contribution in [-0.4, -0.2) is 6.54 Å². The van der Waals surface area contributed by atoms with Crippen LogP contribution in [0, 0.1) is 6.92 Å². The fourth-order valence-corrected chi connectivity index (χ4v) is 2.39. The molecule has 0 heterocycles. The lowest BCUT2D eigenvalue weighted by atomic mass is 10.1. The van der Waals surface area contributed by atoms with Crippen molar-refractivity contribution in [3.8, 4) is 0 Å². The zero-order valence-corrected chi connectivity index (χ0v) is 12.6. The highest BCUT2D eigenvalue weighted by atomic mass is 14.9. The van der Waals surface area contributed by atoms with Crippen molar-refractivity contribution in [1.29, 1.82) is 0 Å². The predicted molar refractivity (Wildman–Crippen MR) is 87.0 cm³/mol. The lowest BCUT2D eigenvalue weighted by molar-refractivity contribution is 0.546. The van der Waals surface area contributed by atoms with Crippen molar-refractivity contribution < 1.29 is 0 Å². The van der Waals surface area contributed by atoms with Crippen LogP contribution in [0.4, 0.5) is 0 Å². The molecule has 0 unspecified atom stereocenters. The molecular weight excluding hydrogens is 242 g/mol. The fourth-order valence-electron chi connectivity index (χ4n) is 2.39. The van der Waals surface area contributed by atoms with Crippen molar-refractivity contribution in [2.75, 3.05) is 6.54 Å². The van der Waals surface area contributed by atoms with E-state index in [-0.39, 0.29) is 0 Å². The van der Waals surface area contributed by atoms with Gasteiger partial charge in [0.1, 0.15) is 0 Å². The van der Waals surface area contributed by atoms with Crippen molar-refractivity contribution in [3.05, 3.63) is 71.3 Å². The van der Waals surface area contributed by atoms with E-state index in [0.29, 0.717) is 6.04 Å². The number of hydrogen-bond acceptors (Lipinski definition) is 1. The largest absolute Gasteiger partial charge is 0.310 e. The van der Waals surface area contributed by atoms with Gasteiger partial charge in [-0.2, -0.15) is 0 Å². The molecule has 0 aliphatic heterocycles. The molecule has 0 saturated carbocycles. The van der Waals surface area contributed by atoms with Gasteiger partial charge in [0.15, 0.2) is 0 Å². The van der Waals surface area contributed by atoms with Gasteiger partial charge in [-0.15, -0.1) is 0 Å². The van der Waals surface area contributed by atoms with Crippen LogP contribution in [-0.2, 0) is 6.42 Å². The smallest absolute Gasteiger partial charge is 0.0291 e. The molecule has 0 fully saturated rings. The van der Waals surface area contributed by atoms with Gasteiger partial charge >= 0.3 is 0 Å². The molecule has 0 saturated heterocycles. The van der Waals surface area contributed by atoms with Gasteiger partial charge in [-0.1, -0.05) is 60.2 Å². The number of unbranched alkanes of at least 4 members (excludes halogenated alkanes) is 1. The third kappa shape index (κ3) is 4.82. The molecule has 0 aromatic heterocycles. The van der Waals surface area contributed by atoms with Gasteiger partial charge in [0, 0.05) is 6.04 Å². The summed E-state index contributed by atoms with van der Waals surface area (Å²) in [4.78, 5) is 0. The van der Waals surface area contributed by atoms with E-state index in [1.807, 2.05) is 0 Å². The lowest BCUT2D eigenvalue weighted by Crippen LogP contribution is -2.19. The molecule has 2 rings (SSSR count). The second-order valence-electron chi connectivity index (χ2n) is 5.53. The van der Waals surface area contributed by atoms with Gasteiger partial charge in [-0.3, -0.25) is 0 Å². The topological polar surface area (TPSA) is 12.0 Å². The van der Waals surface area contributed by atoms with Gasteiger partial charge in [-0.25, -0.2) is 0 Å². The Bertz CT molecular complexity index is 487. The molecule has 0 radical (unpaired) electrons. The Kier molecular flexibility index (Phi) is 5.82. The third-order valence-corrected chi connectivity index (χ3v) is 3.76. The van der Waals surface area contributed by atoms with Crippen LogP contribution in [0.2, 0.25) is 0 Å². The first-order chi connectivity index (χ1) is 9.75. The summed E-state index contributed by atoms with van der Waals surface area (Å²) in [6, 6.07) is 20.0. The molecule has 0 aliphatic rings. The van der Waals surface area contributed by atoms with Crippen LogP contribution in [0.25, 0.3) is 0 Å². The van der Waals surface area contributed by atoms with Crippen molar-refractivity contribution in [2.45, 2.75) is 39.2 Å². The molecule has 0 bridgehead atoms. The molecule has 1 N–H and O–H groups in total. The minimum Gasteiger partial charge on any atom is -0.310 e. The van der Waals surface area contributed by atoms with Crippen LogP contribution in [0.15, 0.2) is 54.6 Å². The minimum atomic E-state index is 0.437. The van der Waals surface area contributed by atoms with Crippen LogP contribution in [0.3, 0.4) is 0 Å². The highest BCUT2D eigenvalue weighted by Gasteiger charge is 2.03. The molecule has 20 heavy (non-hydrogen) atoms. The Morgan fingerprint density at radius 2 is 1.60 bits per heavy atom. The van der Waals surface area contributed by atoms with E-state index >= 15 is 0 Å². The molecule has 0 aliphatic carbocycles. The molecule has 0 amide bonds. The Labute approximate surface area is 123 Å². The average molecular weight is 267 g/mol. The maximum atomic E-state index is 3.60. The average Bonchev–Trinajstić information content (AvgIpc) is 2.48. The number of rotatable bonds is 7. The van der Waals surface area contributed by atoms with Crippen LogP contribution < -0.4 is 5.32 Å². The van der Waals surface area contributed by atoms with Gasteiger partial charge in [0.05, 0.1) is 0 Å². The normalized spacial score (nSPS) is 12.3. The highest BCUT2D eigenvalue weighted by molar-refractivity contribution is 5.23. The first-order valence-electron chi connectivity index (χ1n) is 7.59. The number of nitrogens with one attached hydrogen (secondary N) is 1. The SMILES string of the molecule is Cc1ccc([C@@H](C)NCCCCc2ccccc2)cc1. The molecule has 2 aromatic carbocycles. The monoisotopic (exact) mass is 267 g/mol. The summed E-state index contributed by atoms with van der Waals surface area (Å²) in [5.74, 6) is 0. The van der Waals surface area contributed by atoms with Crippen molar-refractivity contribution >= 4 is 0 Å². The molecule has 1 heteroatoms. The van der Waals surface area contributed by atoms with Crippen molar-refractivity contribution in [2.24, 2.45) is 0 Å². The quantitative estimate of drug-likeness (QED) is 0.719.